The van der Waals surface area contributed by atoms with E-state index in [-0.39, 0.29) is 0 Å². The molecule has 0 amide bonds. The Morgan fingerprint density at radius 3 is 1.77 bits per heavy atom. The molecule has 0 aliphatic heterocycles. The Balaban J connectivity index is 4.10. The third-order valence-electron chi connectivity index (χ3n) is 3.64. The van der Waals surface area contributed by atoms with Crippen LogP contribution in [0.4, 0.5) is 0 Å². The summed E-state index contributed by atoms with van der Waals surface area (Å²) in [6, 6.07) is 0. The topological polar surface area (TPSA) is 0 Å². The second-order valence-corrected chi connectivity index (χ2v) is 4.94. The molecule has 0 rings (SSSR count). The summed E-state index contributed by atoms with van der Waals surface area (Å²) in [6.07, 6.45) is 4.07. The van der Waals surface area contributed by atoms with Crippen molar-refractivity contribution in [2.45, 2.75) is 60.8 Å². The Kier molecular flexibility index (Phi) is 6.45. The van der Waals surface area contributed by atoms with Crippen molar-refractivity contribution in [2.75, 3.05) is 0 Å². The quantitative estimate of drug-likeness (QED) is 0.559. The summed E-state index contributed by atoms with van der Waals surface area (Å²) >= 11 is 0. The van der Waals surface area contributed by atoms with E-state index >= 15 is 0 Å². The van der Waals surface area contributed by atoms with Gasteiger partial charge >= 0.3 is 0 Å². The summed E-state index contributed by atoms with van der Waals surface area (Å²) in [7, 11) is 0. The fourth-order valence-electron chi connectivity index (χ4n) is 2.59. The minimum absolute atomic E-state index is 0.847. The van der Waals surface area contributed by atoms with Crippen LogP contribution in [0, 0.1) is 23.7 Å². The minimum atomic E-state index is 0.847. The van der Waals surface area contributed by atoms with E-state index in [0.29, 0.717) is 0 Å². The van der Waals surface area contributed by atoms with E-state index in [2.05, 4.69) is 41.5 Å². The van der Waals surface area contributed by atoms with Gasteiger partial charge in [-0.1, -0.05) is 60.8 Å². The third kappa shape index (κ3) is 4.15. The van der Waals surface area contributed by atoms with Crippen molar-refractivity contribution < 1.29 is 0 Å². The zero-order valence-electron chi connectivity index (χ0n) is 10.4. The highest BCUT2D eigenvalue weighted by Gasteiger charge is 2.22. The van der Waals surface area contributed by atoms with Crippen molar-refractivity contribution >= 4 is 0 Å². The molecule has 0 aromatic heterocycles. The third-order valence-corrected chi connectivity index (χ3v) is 3.64. The molecule has 0 saturated carbocycles. The molecule has 3 unspecified atom stereocenters. The lowest BCUT2D eigenvalue weighted by Crippen LogP contribution is -2.22. The Labute approximate surface area is 85.1 Å². The first-order valence-electron chi connectivity index (χ1n) is 6.04. The van der Waals surface area contributed by atoms with E-state index in [1.54, 1.807) is 0 Å². The summed E-state index contributed by atoms with van der Waals surface area (Å²) < 4.78 is 0. The highest BCUT2D eigenvalue weighted by Crippen LogP contribution is 2.31. The van der Waals surface area contributed by atoms with Crippen LogP contribution in [-0.2, 0) is 0 Å². The summed E-state index contributed by atoms with van der Waals surface area (Å²) in [6.45, 7) is 14.2. The first-order valence-corrected chi connectivity index (χ1v) is 6.04. The summed E-state index contributed by atoms with van der Waals surface area (Å²) in [5.41, 5.74) is 0. The second kappa shape index (κ2) is 6.45. The Morgan fingerprint density at radius 1 is 0.923 bits per heavy atom. The van der Waals surface area contributed by atoms with Gasteiger partial charge in [0.2, 0.25) is 0 Å². The maximum atomic E-state index is 2.44. The van der Waals surface area contributed by atoms with E-state index in [4.69, 9.17) is 0 Å². The van der Waals surface area contributed by atoms with Crippen LogP contribution in [0.3, 0.4) is 0 Å². The van der Waals surface area contributed by atoms with E-state index in [1.807, 2.05) is 0 Å². The molecule has 0 aromatic rings. The van der Waals surface area contributed by atoms with Gasteiger partial charge in [0.05, 0.1) is 0 Å². The van der Waals surface area contributed by atoms with Crippen molar-refractivity contribution in [1.29, 1.82) is 0 Å². The first-order chi connectivity index (χ1) is 6.04. The van der Waals surface area contributed by atoms with Gasteiger partial charge in [-0.05, 0) is 23.7 Å². The van der Waals surface area contributed by atoms with Crippen LogP contribution in [0.5, 0.6) is 0 Å². The van der Waals surface area contributed by atoms with Crippen molar-refractivity contribution in [3.8, 4) is 0 Å². The van der Waals surface area contributed by atoms with Crippen molar-refractivity contribution in [2.24, 2.45) is 23.7 Å². The van der Waals surface area contributed by atoms with Crippen LogP contribution in [0.2, 0.25) is 0 Å². The maximum Gasteiger partial charge on any atom is -0.0365 e. The van der Waals surface area contributed by atoms with Gasteiger partial charge < -0.3 is 0 Å². The van der Waals surface area contributed by atoms with E-state index in [1.165, 1.54) is 19.3 Å². The highest BCUT2D eigenvalue weighted by atomic mass is 14.3. The standard InChI is InChI=1S/C13H28/c1-7-9-11(5)12(6)13(8-2)10(3)4/h10-13H,7-9H2,1-6H3. The largest absolute Gasteiger partial charge is 0.0654 e. The lowest BCUT2D eigenvalue weighted by atomic mass is 9.75. The van der Waals surface area contributed by atoms with Gasteiger partial charge in [0, 0.05) is 0 Å². The number of hydrogen-bond acceptors (Lipinski definition) is 0. The van der Waals surface area contributed by atoms with Crippen molar-refractivity contribution in [3.63, 3.8) is 0 Å². The second-order valence-electron chi connectivity index (χ2n) is 4.94. The van der Waals surface area contributed by atoms with Crippen molar-refractivity contribution in [3.05, 3.63) is 0 Å². The SMILES string of the molecule is CCCC(C)C(C)C(CC)C(C)C. The van der Waals surface area contributed by atoms with Crippen LogP contribution in [0.25, 0.3) is 0 Å². The van der Waals surface area contributed by atoms with Gasteiger partial charge in [0.25, 0.3) is 0 Å². The van der Waals surface area contributed by atoms with Crippen LogP contribution < -0.4 is 0 Å². The average Bonchev–Trinajstić information content (AvgIpc) is 2.05. The van der Waals surface area contributed by atoms with E-state index in [9.17, 15) is 0 Å². The van der Waals surface area contributed by atoms with Gasteiger partial charge in [-0.15, -0.1) is 0 Å². The van der Waals surface area contributed by atoms with E-state index in [0.717, 1.165) is 23.7 Å². The van der Waals surface area contributed by atoms with Crippen molar-refractivity contribution in [1.82, 2.24) is 0 Å². The summed E-state index contributed by atoms with van der Waals surface area (Å²) in [5.74, 6) is 3.56. The number of hydrogen-bond donors (Lipinski definition) is 0. The highest BCUT2D eigenvalue weighted by molar-refractivity contribution is 4.72. The van der Waals surface area contributed by atoms with Gasteiger partial charge in [-0.25, -0.2) is 0 Å². The molecule has 0 nitrogen and oxygen atoms in total. The molecule has 0 N–H and O–H groups in total. The smallest absolute Gasteiger partial charge is 0.0365 e. The molecule has 3 atom stereocenters. The predicted molar refractivity (Wildman–Crippen MR) is 61.9 cm³/mol. The van der Waals surface area contributed by atoms with E-state index < -0.39 is 0 Å². The Bertz CT molecular complexity index is 115. The molecule has 0 spiro atoms. The molecule has 80 valence electrons. The van der Waals surface area contributed by atoms with Gasteiger partial charge in [-0.2, -0.15) is 0 Å². The molecule has 0 aliphatic rings. The van der Waals surface area contributed by atoms with Gasteiger partial charge in [-0.3, -0.25) is 0 Å². The van der Waals surface area contributed by atoms with Crippen LogP contribution >= 0.6 is 0 Å². The zero-order chi connectivity index (χ0) is 10.4. The average molecular weight is 184 g/mol. The predicted octanol–water partition coefficient (Wildman–Crippen LogP) is 4.74. The summed E-state index contributed by atoms with van der Waals surface area (Å²) in [4.78, 5) is 0. The fraction of sp³-hybridized carbons (Fsp3) is 1.00. The maximum absolute atomic E-state index is 2.44. The molecule has 0 heterocycles. The molecule has 0 aromatic carbocycles. The lowest BCUT2D eigenvalue weighted by Gasteiger charge is -2.31. The summed E-state index contributed by atoms with van der Waals surface area (Å²) in [5, 5.41) is 0. The molecule has 0 fully saturated rings. The molecule has 13 heavy (non-hydrogen) atoms. The molecule has 0 aliphatic carbocycles. The zero-order valence-corrected chi connectivity index (χ0v) is 10.4. The first kappa shape index (κ1) is 13.0. The molecular weight excluding hydrogens is 156 g/mol. The van der Waals surface area contributed by atoms with Gasteiger partial charge in [0.15, 0.2) is 0 Å². The normalized spacial score (nSPS) is 18.7. The van der Waals surface area contributed by atoms with Crippen LogP contribution in [-0.4, -0.2) is 0 Å². The monoisotopic (exact) mass is 184 g/mol. The molecule has 0 heteroatoms. The van der Waals surface area contributed by atoms with Crippen LogP contribution in [0.15, 0.2) is 0 Å². The fourth-order valence-corrected chi connectivity index (χ4v) is 2.59. The molecule has 0 radical (unpaired) electrons. The Morgan fingerprint density at radius 2 is 1.46 bits per heavy atom. The number of rotatable bonds is 6. The molecule has 0 saturated heterocycles. The minimum Gasteiger partial charge on any atom is -0.0654 e. The molecular formula is C13H28. The Hall–Kier alpha value is 0. The van der Waals surface area contributed by atoms with Crippen LogP contribution in [0.1, 0.15) is 60.8 Å². The lowest BCUT2D eigenvalue weighted by molar-refractivity contribution is 0.190. The van der Waals surface area contributed by atoms with Gasteiger partial charge in [0.1, 0.15) is 0 Å². The molecule has 0 bridgehead atoms.